The van der Waals surface area contributed by atoms with E-state index >= 15 is 0 Å². The summed E-state index contributed by atoms with van der Waals surface area (Å²) in [4.78, 5) is 40.0. The standard InChI is InChI=1S/C66H115N2O7P/c1-7-10-13-16-19-22-25-28-30-32-34-36-38-40-43-46-49-52-55-58-65(69)67-63(62-74-76(71,72)73-61-60-68(4,5)6)64(57-54-51-48-45-42-27-24-21-18-15-12-9-3)75-66(70)59-56-53-50-47-44-41-39-37-35-33-31-29-26-23-20-17-14-11-8-2/h10,13,19-20,22-23,28-31,34-37,40,43,54,57,63-64H,7-9,11-12,14-18,21,24-27,32-33,38-39,41-42,44-53,55-56,58-62H2,1-6H3,(H-,67,69,71,72)/b13-10-,22-19-,23-20-,30-28-,31-29-,36-34-,37-35-,43-40-,57-54+. The van der Waals surface area contributed by atoms with Crippen LogP contribution in [0.15, 0.2) is 109 Å². The van der Waals surface area contributed by atoms with E-state index in [1.165, 1.54) is 77.0 Å². The molecule has 0 aromatic carbocycles. The summed E-state index contributed by atoms with van der Waals surface area (Å²) in [5.74, 6) is -0.599. The molecule has 436 valence electrons. The third-order valence-electron chi connectivity index (χ3n) is 12.9. The summed E-state index contributed by atoms with van der Waals surface area (Å²) in [6, 6.07) is -0.918. The molecular formula is C66H115N2O7P. The van der Waals surface area contributed by atoms with E-state index in [-0.39, 0.29) is 31.3 Å². The molecule has 0 aromatic rings. The molecule has 0 saturated heterocycles. The molecule has 1 amide bonds. The molecule has 0 radical (unpaired) electrons. The van der Waals surface area contributed by atoms with Crippen LogP contribution in [0.1, 0.15) is 245 Å². The van der Waals surface area contributed by atoms with E-state index < -0.39 is 26.6 Å². The molecule has 0 rings (SSSR count). The quantitative estimate of drug-likeness (QED) is 0.0212. The molecule has 9 nitrogen and oxygen atoms in total. The van der Waals surface area contributed by atoms with Crippen molar-refractivity contribution in [3.8, 4) is 0 Å². The highest BCUT2D eigenvalue weighted by atomic mass is 31.2. The number of hydrogen-bond acceptors (Lipinski definition) is 7. The number of esters is 1. The minimum atomic E-state index is -4.72. The van der Waals surface area contributed by atoms with Crippen molar-refractivity contribution in [3.05, 3.63) is 109 Å². The fourth-order valence-electron chi connectivity index (χ4n) is 8.20. The largest absolute Gasteiger partial charge is 0.756 e. The van der Waals surface area contributed by atoms with Crippen molar-refractivity contribution in [3.63, 3.8) is 0 Å². The van der Waals surface area contributed by atoms with Gasteiger partial charge in [0.25, 0.3) is 7.82 Å². The van der Waals surface area contributed by atoms with Crippen molar-refractivity contribution < 1.29 is 37.3 Å². The Balaban J connectivity index is 5.37. The van der Waals surface area contributed by atoms with E-state index in [1.807, 2.05) is 33.3 Å². The summed E-state index contributed by atoms with van der Waals surface area (Å²) in [7, 11) is 1.14. The molecule has 3 unspecified atom stereocenters. The Morgan fingerprint density at radius 3 is 1.30 bits per heavy atom. The van der Waals surface area contributed by atoms with Crippen molar-refractivity contribution in [1.82, 2.24) is 5.32 Å². The van der Waals surface area contributed by atoms with Crippen molar-refractivity contribution in [2.24, 2.45) is 0 Å². The number of phosphoric acid groups is 1. The smallest absolute Gasteiger partial charge is 0.306 e. The second kappa shape index (κ2) is 55.0. The van der Waals surface area contributed by atoms with E-state index in [9.17, 15) is 19.0 Å². The average Bonchev–Trinajstić information content (AvgIpc) is 3.38. The molecule has 76 heavy (non-hydrogen) atoms. The van der Waals surface area contributed by atoms with Gasteiger partial charge < -0.3 is 28.5 Å². The Morgan fingerprint density at radius 1 is 0.474 bits per heavy atom. The zero-order valence-electron chi connectivity index (χ0n) is 49.7. The van der Waals surface area contributed by atoms with Crippen LogP contribution in [-0.2, 0) is 27.9 Å². The third kappa shape index (κ3) is 55.4. The van der Waals surface area contributed by atoms with E-state index in [0.717, 1.165) is 122 Å². The van der Waals surface area contributed by atoms with Crippen LogP contribution in [0.2, 0.25) is 0 Å². The molecular weight excluding hydrogens is 964 g/mol. The molecule has 3 atom stereocenters. The summed E-state index contributed by atoms with van der Waals surface area (Å²) in [6.07, 6.45) is 74.8. The fraction of sp³-hybridized carbons (Fsp3) is 0.697. The Kier molecular flexibility index (Phi) is 52.6. The first-order valence-electron chi connectivity index (χ1n) is 30.7. The zero-order valence-corrected chi connectivity index (χ0v) is 50.6. The van der Waals surface area contributed by atoms with E-state index in [4.69, 9.17) is 13.8 Å². The predicted molar refractivity (Wildman–Crippen MR) is 325 cm³/mol. The van der Waals surface area contributed by atoms with Gasteiger partial charge in [0.2, 0.25) is 5.91 Å². The van der Waals surface area contributed by atoms with Crippen LogP contribution in [0.25, 0.3) is 0 Å². The van der Waals surface area contributed by atoms with Gasteiger partial charge in [-0.05, 0) is 115 Å². The van der Waals surface area contributed by atoms with E-state index in [0.29, 0.717) is 23.9 Å². The molecule has 0 bridgehead atoms. The van der Waals surface area contributed by atoms with Crippen LogP contribution in [0, 0.1) is 0 Å². The fourth-order valence-corrected chi connectivity index (χ4v) is 8.92. The molecule has 1 N–H and O–H groups in total. The number of likely N-dealkylation sites (N-methyl/N-ethyl adjacent to an activating group) is 1. The number of rotatable bonds is 54. The van der Waals surface area contributed by atoms with Gasteiger partial charge in [-0.1, -0.05) is 227 Å². The number of allylic oxidation sites excluding steroid dienone is 17. The van der Waals surface area contributed by atoms with Crippen LogP contribution < -0.4 is 10.2 Å². The topological polar surface area (TPSA) is 114 Å². The minimum absolute atomic E-state index is 0.0370. The van der Waals surface area contributed by atoms with Crippen molar-refractivity contribution in [2.45, 2.75) is 258 Å². The summed E-state index contributed by atoms with van der Waals surface area (Å²) >= 11 is 0. The number of unbranched alkanes of at least 4 members (excludes halogenated alkanes) is 22. The van der Waals surface area contributed by atoms with Crippen LogP contribution in [0.3, 0.4) is 0 Å². The number of nitrogens with zero attached hydrogens (tertiary/aromatic N) is 1. The number of carbonyl (C=O) groups excluding carboxylic acids is 2. The lowest BCUT2D eigenvalue weighted by Gasteiger charge is -2.30. The molecule has 0 fully saturated rings. The van der Waals surface area contributed by atoms with Crippen molar-refractivity contribution in [1.29, 1.82) is 0 Å². The highest BCUT2D eigenvalue weighted by molar-refractivity contribution is 7.45. The zero-order chi connectivity index (χ0) is 55.7. The van der Waals surface area contributed by atoms with Crippen LogP contribution in [0.4, 0.5) is 0 Å². The Morgan fingerprint density at radius 2 is 0.842 bits per heavy atom. The van der Waals surface area contributed by atoms with Crippen LogP contribution in [-0.4, -0.2) is 69.4 Å². The molecule has 10 heteroatoms. The normalized spacial score (nSPS) is 14.5. The lowest BCUT2D eigenvalue weighted by atomic mass is 10.0. The van der Waals surface area contributed by atoms with Gasteiger partial charge in [0.05, 0.1) is 33.8 Å². The lowest BCUT2D eigenvalue weighted by molar-refractivity contribution is -0.870. The predicted octanol–water partition coefficient (Wildman–Crippen LogP) is 18.3. The van der Waals surface area contributed by atoms with E-state index in [1.54, 1.807) is 0 Å². The third-order valence-corrected chi connectivity index (χ3v) is 13.9. The van der Waals surface area contributed by atoms with Crippen molar-refractivity contribution >= 4 is 19.7 Å². The Hall–Kier alpha value is -3.33. The van der Waals surface area contributed by atoms with Crippen LogP contribution >= 0.6 is 7.82 Å². The molecule has 0 aromatic heterocycles. The lowest BCUT2D eigenvalue weighted by Crippen LogP contribution is -2.47. The van der Waals surface area contributed by atoms with Gasteiger partial charge in [-0.2, -0.15) is 0 Å². The highest BCUT2D eigenvalue weighted by Crippen LogP contribution is 2.38. The van der Waals surface area contributed by atoms with Gasteiger partial charge in [0, 0.05) is 12.8 Å². The number of carbonyl (C=O) groups is 2. The molecule has 0 heterocycles. The van der Waals surface area contributed by atoms with Gasteiger partial charge in [0.15, 0.2) is 0 Å². The summed E-state index contributed by atoms with van der Waals surface area (Å²) in [5.41, 5.74) is 0. The summed E-state index contributed by atoms with van der Waals surface area (Å²) in [5, 5.41) is 3.00. The SMILES string of the molecule is CC/C=C\C/C=C\C/C=C\C/C=C\C/C=C\CCCCCC(=O)NC(COP(=O)([O-])OCC[N+](C)(C)C)C(/C=C/CCCCCCCCCCCC)OC(=O)CCCCCCCC/C=C\C/C=C\C/C=C\CCCCC. The molecule has 0 aliphatic heterocycles. The number of nitrogens with one attached hydrogen (secondary N) is 1. The van der Waals surface area contributed by atoms with Gasteiger partial charge in [-0.15, -0.1) is 0 Å². The second-order valence-electron chi connectivity index (χ2n) is 21.5. The van der Waals surface area contributed by atoms with Gasteiger partial charge in [0.1, 0.15) is 19.3 Å². The van der Waals surface area contributed by atoms with Crippen LogP contribution in [0.5, 0.6) is 0 Å². The Bertz CT molecular complexity index is 1670. The number of phosphoric ester groups is 1. The number of quaternary nitrogens is 1. The maximum absolute atomic E-state index is 13.5. The monoisotopic (exact) mass is 1080 g/mol. The number of hydrogen-bond donors (Lipinski definition) is 1. The van der Waals surface area contributed by atoms with E-state index in [2.05, 4.69) is 123 Å². The number of amides is 1. The average molecular weight is 1080 g/mol. The summed E-state index contributed by atoms with van der Waals surface area (Å²) < 4.78 is 30.3. The number of ether oxygens (including phenoxy) is 1. The first-order valence-corrected chi connectivity index (χ1v) is 32.2. The molecule has 0 aliphatic carbocycles. The second-order valence-corrected chi connectivity index (χ2v) is 22.9. The first kappa shape index (κ1) is 72.7. The van der Waals surface area contributed by atoms with Crippen molar-refractivity contribution in [2.75, 3.05) is 40.9 Å². The Labute approximate surface area is 468 Å². The first-order chi connectivity index (χ1) is 36.9. The molecule has 0 saturated carbocycles. The molecule has 0 aliphatic rings. The van der Waals surface area contributed by atoms with Gasteiger partial charge in [-0.25, -0.2) is 0 Å². The maximum Gasteiger partial charge on any atom is 0.306 e. The maximum atomic E-state index is 13.5. The minimum Gasteiger partial charge on any atom is -0.756 e. The summed E-state index contributed by atoms with van der Waals surface area (Å²) in [6.45, 7) is 6.65. The van der Waals surface area contributed by atoms with Gasteiger partial charge in [-0.3, -0.25) is 14.2 Å². The highest BCUT2D eigenvalue weighted by Gasteiger charge is 2.27. The molecule has 0 spiro atoms. The van der Waals surface area contributed by atoms with Gasteiger partial charge >= 0.3 is 5.97 Å².